The number of phenols is 2. The molecule has 4 rings (SSSR count). The first-order chi connectivity index (χ1) is 19.8. The largest absolute Gasteiger partial charge is 0.507 e. The molecule has 10 heteroatoms. The second-order valence-corrected chi connectivity index (χ2v) is 12.3. The van der Waals surface area contributed by atoms with Crippen LogP contribution in [-0.4, -0.2) is 32.6 Å². The van der Waals surface area contributed by atoms with Gasteiger partial charge in [-0.25, -0.2) is 9.97 Å². The maximum absolute atomic E-state index is 10.7. The average molecular weight is 608 g/mol. The summed E-state index contributed by atoms with van der Waals surface area (Å²) in [6, 6.07) is 18.1. The molecule has 0 bridgehead atoms. The highest BCUT2D eigenvalue weighted by Gasteiger charge is 2.24. The Hall–Kier alpha value is -4.14. The number of benzene rings is 2. The van der Waals surface area contributed by atoms with Crippen molar-refractivity contribution in [2.75, 3.05) is 10.9 Å². The lowest BCUT2D eigenvalue weighted by atomic mass is 9.79. The van der Waals surface area contributed by atoms with Crippen molar-refractivity contribution in [2.24, 2.45) is 10.2 Å². The minimum absolute atomic E-state index is 0.00922. The van der Waals surface area contributed by atoms with Gasteiger partial charge in [-0.1, -0.05) is 82.9 Å². The van der Waals surface area contributed by atoms with Gasteiger partial charge in [0.15, 0.2) is 0 Å². The van der Waals surface area contributed by atoms with Crippen molar-refractivity contribution in [1.82, 2.24) is 9.97 Å². The minimum Gasteiger partial charge on any atom is -0.507 e. The maximum Gasteiger partial charge on any atom is 0.146 e. The van der Waals surface area contributed by atoms with Crippen molar-refractivity contribution in [1.29, 1.82) is 0 Å². The lowest BCUT2D eigenvalue weighted by Crippen LogP contribution is -2.17. The van der Waals surface area contributed by atoms with E-state index in [0.717, 1.165) is 5.56 Å². The number of pyridine rings is 2. The van der Waals surface area contributed by atoms with E-state index >= 15 is 0 Å². The van der Waals surface area contributed by atoms with Gasteiger partial charge >= 0.3 is 0 Å². The van der Waals surface area contributed by atoms with Gasteiger partial charge in [0.1, 0.15) is 23.1 Å². The van der Waals surface area contributed by atoms with Crippen LogP contribution in [0.1, 0.15) is 63.8 Å². The van der Waals surface area contributed by atoms with E-state index in [1.54, 1.807) is 36.8 Å². The average Bonchev–Trinajstić information content (AvgIpc) is 2.92. The molecular formula is C32H36Cl2N6O2. The molecule has 2 heterocycles. The third-order valence-electron chi connectivity index (χ3n) is 5.97. The van der Waals surface area contributed by atoms with E-state index in [1.807, 2.05) is 30.3 Å². The Morgan fingerprint density at radius 3 is 1.67 bits per heavy atom. The number of rotatable bonds is 6. The number of nitrogens with one attached hydrogen (secondary N) is 2. The number of nitrogens with zero attached hydrogens (tertiary/aromatic N) is 4. The van der Waals surface area contributed by atoms with E-state index in [2.05, 4.69) is 78.6 Å². The summed E-state index contributed by atoms with van der Waals surface area (Å²) in [6.07, 6.45) is 6.41. The molecule has 42 heavy (non-hydrogen) atoms. The van der Waals surface area contributed by atoms with Gasteiger partial charge in [0.2, 0.25) is 0 Å². The molecule has 0 radical (unpaired) electrons. The van der Waals surface area contributed by atoms with Gasteiger partial charge in [-0.2, -0.15) is 10.2 Å². The maximum atomic E-state index is 10.7. The van der Waals surface area contributed by atoms with Crippen LogP contribution in [-0.2, 0) is 10.8 Å². The van der Waals surface area contributed by atoms with Crippen molar-refractivity contribution in [3.63, 3.8) is 0 Å². The first-order valence-electron chi connectivity index (χ1n) is 13.2. The number of aromatic hydroxyl groups is 2. The number of hydrazone groups is 2. The monoisotopic (exact) mass is 606 g/mol. The highest BCUT2D eigenvalue weighted by Crippen LogP contribution is 2.37. The summed E-state index contributed by atoms with van der Waals surface area (Å²) in [5.41, 5.74) is 8.67. The van der Waals surface area contributed by atoms with E-state index in [0.29, 0.717) is 27.8 Å². The van der Waals surface area contributed by atoms with Crippen molar-refractivity contribution < 1.29 is 10.2 Å². The fourth-order valence-electron chi connectivity index (χ4n) is 3.64. The smallest absolute Gasteiger partial charge is 0.146 e. The van der Waals surface area contributed by atoms with Crippen LogP contribution in [0, 0.1) is 0 Å². The first kappa shape index (κ1) is 32.4. The van der Waals surface area contributed by atoms with Crippen molar-refractivity contribution >= 4 is 47.3 Å². The Kier molecular flexibility index (Phi) is 10.9. The molecule has 4 aromatic rings. The Morgan fingerprint density at radius 1 is 0.690 bits per heavy atom. The van der Waals surface area contributed by atoms with E-state index in [4.69, 9.17) is 23.2 Å². The first-order valence-corrected chi connectivity index (χ1v) is 14.0. The van der Waals surface area contributed by atoms with E-state index in [1.165, 1.54) is 17.8 Å². The zero-order chi connectivity index (χ0) is 30.9. The Bertz CT molecular complexity index is 1530. The molecule has 0 spiro atoms. The van der Waals surface area contributed by atoms with Crippen LogP contribution in [0.3, 0.4) is 0 Å². The van der Waals surface area contributed by atoms with Crippen molar-refractivity contribution in [3.05, 3.63) is 105 Å². The lowest BCUT2D eigenvalue weighted by molar-refractivity contribution is 0.444. The van der Waals surface area contributed by atoms with Gasteiger partial charge in [-0.3, -0.25) is 10.9 Å². The molecule has 0 amide bonds. The summed E-state index contributed by atoms with van der Waals surface area (Å²) in [7, 11) is 0. The molecule has 0 aliphatic carbocycles. The number of aromatic nitrogens is 2. The second kappa shape index (κ2) is 14.2. The summed E-state index contributed by atoms with van der Waals surface area (Å²) >= 11 is 11.6. The summed E-state index contributed by atoms with van der Waals surface area (Å²) in [4.78, 5) is 8.19. The number of phenolic OH excluding ortho intramolecular Hbond substituents is 2. The molecule has 0 aliphatic heterocycles. The molecule has 2 aromatic carbocycles. The second-order valence-electron chi connectivity index (χ2n) is 11.5. The molecule has 220 valence electrons. The van der Waals surface area contributed by atoms with E-state index < -0.39 is 0 Å². The zero-order valence-electron chi connectivity index (χ0n) is 24.5. The standard InChI is InChI=1S/C20H27N3O.C12H9Cl2N3O/c1-19(2,3)15-11-14(18(24)16(12-15)20(4,5)6)13-22-23-17-9-7-8-10-21-17;13-9-5-8(12(18)10(14)6-9)7-16-17-11-3-1-2-4-15-11/h7-13,24H,1-6H3,(H,21,23);1-7,18H,(H,15,17)/b22-13+;16-7+. The summed E-state index contributed by atoms with van der Waals surface area (Å²) in [5.74, 6) is 1.48. The fourth-order valence-corrected chi connectivity index (χ4v) is 4.15. The molecule has 0 unspecified atom stereocenters. The SMILES string of the molecule is CC(C)(C)c1cc(/C=N/Nc2ccccn2)c(O)c(C(C)(C)C)c1.Oc1c(Cl)cc(Cl)cc1/C=N/Nc1ccccn1. The van der Waals surface area contributed by atoms with Crippen molar-refractivity contribution in [3.8, 4) is 11.5 Å². The van der Waals surface area contributed by atoms with Gasteiger partial charge in [0.05, 0.1) is 17.5 Å². The van der Waals surface area contributed by atoms with Gasteiger partial charge < -0.3 is 10.2 Å². The normalized spacial score (nSPS) is 11.8. The molecule has 0 atom stereocenters. The third kappa shape index (κ3) is 9.46. The lowest BCUT2D eigenvalue weighted by Gasteiger charge is -2.26. The molecular weight excluding hydrogens is 571 g/mol. The molecule has 2 aromatic heterocycles. The van der Waals surface area contributed by atoms with Crippen molar-refractivity contribution in [2.45, 2.75) is 52.4 Å². The Labute approximate surface area is 257 Å². The van der Waals surface area contributed by atoms with Crippen LogP contribution < -0.4 is 10.9 Å². The topological polar surface area (TPSA) is 115 Å². The van der Waals surface area contributed by atoms with E-state index in [9.17, 15) is 10.2 Å². The zero-order valence-corrected chi connectivity index (χ0v) is 26.0. The molecule has 0 aliphatic rings. The molecule has 0 fully saturated rings. The van der Waals surface area contributed by atoms with Gasteiger partial charge in [0.25, 0.3) is 0 Å². The van der Waals surface area contributed by atoms with Crippen LogP contribution >= 0.6 is 23.2 Å². The third-order valence-corrected chi connectivity index (χ3v) is 6.47. The summed E-state index contributed by atoms with van der Waals surface area (Å²) in [6.45, 7) is 12.8. The number of halogens is 2. The van der Waals surface area contributed by atoms with Crippen LogP contribution in [0.25, 0.3) is 0 Å². The highest BCUT2D eigenvalue weighted by molar-refractivity contribution is 6.36. The minimum atomic E-state index is -0.150. The quantitative estimate of drug-likeness (QED) is 0.129. The van der Waals surface area contributed by atoms with Crippen LogP contribution in [0.2, 0.25) is 10.0 Å². The predicted octanol–water partition coefficient (Wildman–Crippen LogP) is 8.37. The number of anilines is 2. The van der Waals surface area contributed by atoms with E-state index in [-0.39, 0.29) is 27.4 Å². The number of hydrogen-bond donors (Lipinski definition) is 4. The highest BCUT2D eigenvalue weighted by atomic mass is 35.5. The molecule has 8 nitrogen and oxygen atoms in total. The van der Waals surface area contributed by atoms with Gasteiger partial charge in [0, 0.05) is 34.1 Å². The number of hydrogen-bond acceptors (Lipinski definition) is 8. The van der Waals surface area contributed by atoms with Crippen LogP contribution in [0.5, 0.6) is 11.5 Å². The molecule has 0 saturated carbocycles. The Morgan fingerprint density at radius 2 is 1.21 bits per heavy atom. The summed E-state index contributed by atoms with van der Waals surface area (Å²) in [5, 5.41) is 29.1. The van der Waals surface area contributed by atoms with Gasteiger partial charge in [-0.15, -0.1) is 0 Å². The van der Waals surface area contributed by atoms with Gasteiger partial charge in [-0.05, 0) is 58.9 Å². The molecule has 0 saturated heterocycles. The molecule has 4 N–H and O–H groups in total. The summed E-state index contributed by atoms with van der Waals surface area (Å²) < 4.78 is 0. The van der Waals surface area contributed by atoms with Crippen LogP contribution in [0.15, 0.2) is 83.3 Å². The Balaban J connectivity index is 0.000000240. The predicted molar refractivity (Wildman–Crippen MR) is 175 cm³/mol. The van der Waals surface area contributed by atoms with Crippen LogP contribution in [0.4, 0.5) is 11.6 Å². The fraction of sp³-hybridized carbons (Fsp3) is 0.250.